The summed E-state index contributed by atoms with van der Waals surface area (Å²) in [5.74, 6) is 1.94. The first kappa shape index (κ1) is 12.4. The van der Waals surface area contributed by atoms with E-state index in [0.29, 0.717) is 50.6 Å². The molecule has 0 N–H and O–H groups in total. The molecular formula is C15H15N3O3. The summed E-state index contributed by atoms with van der Waals surface area (Å²) >= 11 is 0. The van der Waals surface area contributed by atoms with Gasteiger partial charge in [0.15, 0.2) is 6.04 Å². The average Bonchev–Trinajstić information content (AvgIpc) is 3.27. The standard InChI is InChI=1S/C15H15N3O3/c1-2-4-11(10(3-1)13-16-5-7-19-13)14-18-12(9-21-14)15-17-6-8-20-15/h1-4,12H,5-9H2. The van der Waals surface area contributed by atoms with Gasteiger partial charge in [0, 0.05) is 11.1 Å². The molecule has 21 heavy (non-hydrogen) atoms. The number of rotatable bonds is 3. The van der Waals surface area contributed by atoms with Gasteiger partial charge in [-0.05, 0) is 12.1 Å². The van der Waals surface area contributed by atoms with Crippen molar-refractivity contribution in [2.75, 3.05) is 32.9 Å². The van der Waals surface area contributed by atoms with Gasteiger partial charge in [-0.2, -0.15) is 0 Å². The first-order valence-electron chi connectivity index (χ1n) is 7.06. The quantitative estimate of drug-likeness (QED) is 0.833. The Hall–Kier alpha value is -2.37. The number of hydrogen-bond donors (Lipinski definition) is 0. The molecule has 1 aromatic carbocycles. The molecule has 0 spiro atoms. The molecule has 0 radical (unpaired) electrons. The predicted octanol–water partition coefficient (Wildman–Crippen LogP) is 1.04. The van der Waals surface area contributed by atoms with Crippen LogP contribution in [-0.4, -0.2) is 56.6 Å². The maximum Gasteiger partial charge on any atom is 0.217 e. The fourth-order valence-electron chi connectivity index (χ4n) is 2.56. The van der Waals surface area contributed by atoms with Crippen molar-refractivity contribution in [3.05, 3.63) is 35.4 Å². The van der Waals surface area contributed by atoms with Gasteiger partial charge in [-0.1, -0.05) is 12.1 Å². The van der Waals surface area contributed by atoms with E-state index in [2.05, 4.69) is 15.0 Å². The highest BCUT2D eigenvalue weighted by molar-refractivity contribution is 6.08. The number of ether oxygens (including phenoxy) is 3. The lowest BCUT2D eigenvalue weighted by Crippen LogP contribution is -2.20. The highest BCUT2D eigenvalue weighted by Gasteiger charge is 2.29. The lowest BCUT2D eigenvalue weighted by atomic mass is 10.1. The third-order valence-electron chi connectivity index (χ3n) is 3.52. The third-order valence-corrected chi connectivity index (χ3v) is 3.52. The van der Waals surface area contributed by atoms with Gasteiger partial charge in [-0.3, -0.25) is 4.99 Å². The molecule has 4 rings (SSSR count). The highest BCUT2D eigenvalue weighted by Crippen LogP contribution is 2.20. The first-order valence-corrected chi connectivity index (χ1v) is 7.06. The van der Waals surface area contributed by atoms with Crippen LogP contribution in [0.1, 0.15) is 11.1 Å². The van der Waals surface area contributed by atoms with Crippen molar-refractivity contribution in [2.45, 2.75) is 6.04 Å². The van der Waals surface area contributed by atoms with Crippen LogP contribution in [0.25, 0.3) is 0 Å². The van der Waals surface area contributed by atoms with Crippen molar-refractivity contribution in [2.24, 2.45) is 15.0 Å². The Morgan fingerprint density at radius 3 is 2.33 bits per heavy atom. The van der Waals surface area contributed by atoms with Crippen LogP contribution in [-0.2, 0) is 14.2 Å². The van der Waals surface area contributed by atoms with Crippen molar-refractivity contribution in [1.29, 1.82) is 0 Å². The van der Waals surface area contributed by atoms with Gasteiger partial charge in [0.05, 0.1) is 13.1 Å². The zero-order chi connectivity index (χ0) is 14.1. The van der Waals surface area contributed by atoms with E-state index < -0.39 is 0 Å². The first-order chi connectivity index (χ1) is 10.4. The van der Waals surface area contributed by atoms with E-state index in [4.69, 9.17) is 14.2 Å². The SMILES string of the molecule is c1ccc(C2=NC(C3=NCCO3)CO2)c(C2=NCCO2)c1. The fourth-order valence-corrected chi connectivity index (χ4v) is 2.56. The van der Waals surface area contributed by atoms with E-state index in [1.165, 1.54) is 0 Å². The van der Waals surface area contributed by atoms with Crippen LogP contribution in [0.2, 0.25) is 0 Å². The largest absolute Gasteiger partial charge is 0.477 e. The molecule has 6 heteroatoms. The van der Waals surface area contributed by atoms with E-state index in [9.17, 15) is 0 Å². The zero-order valence-corrected chi connectivity index (χ0v) is 11.5. The number of hydrogen-bond acceptors (Lipinski definition) is 6. The van der Waals surface area contributed by atoms with Crippen LogP contribution in [0, 0.1) is 0 Å². The summed E-state index contributed by atoms with van der Waals surface area (Å²) in [6.07, 6.45) is 0. The minimum absolute atomic E-state index is 0.137. The fraction of sp³-hybridized carbons (Fsp3) is 0.400. The van der Waals surface area contributed by atoms with Crippen LogP contribution in [0.3, 0.4) is 0 Å². The van der Waals surface area contributed by atoms with Crippen molar-refractivity contribution in [3.8, 4) is 0 Å². The Balaban J connectivity index is 1.66. The molecule has 1 aromatic rings. The molecule has 3 heterocycles. The van der Waals surface area contributed by atoms with E-state index in [-0.39, 0.29) is 6.04 Å². The highest BCUT2D eigenvalue weighted by atomic mass is 16.5. The van der Waals surface area contributed by atoms with Crippen molar-refractivity contribution in [3.63, 3.8) is 0 Å². The van der Waals surface area contributed by atoms with Crippen molar-refractivity contribution < 1.29 is 14.2 Å². The summed E-state index contributed by atoms with van der Waals surface area (Å²) in [6.45, 7) is 3.14. The Labute approximate surface area is 122 Å². The van der Waals surface area contributed by atoms with Crippen molar-refractivity contribution in [1.82, 2.24) is 0 Å². The average molecular weight is 285 g/mol. The second kappa shape index (κ2) is 5.20. The van der Waals surface area contributed by atoms with Crippen LogP contribution in [0.15, 0.2) is 39.2 Å². The van der Waals surface area contributed by atoms with Gasteiger partial charge in [-0.25, -0.2) is 9.98 Å². The maximum absolute atomic E-state index is 5.74. The van der Waals surface area contributed by atoms with Crippen LogP contribution in [0.5, 0.6) is 0 Å². The van der Waals surface area contributed by atoms with Gasteiger partial charge in [0.1, 0.15) is 19.8 Å². The van der Waals surface area contributed by atoms with E-state index in [1.54, 1.807) is 0 Å². The Morgan fingerprint density at radius 2 is 1.62 bits per heavy atom. The van der Waals surface area contributed by atoms with E-state index in [1.807, 2.05) is 24.3 Å². The monoisotopic (exact) mass is 285 g/mol. The molecule has 6 nitrogen and oxygen atoms in total. The topological polar surface area (TPSA) is 64.8 Å². The zero-order valence-electron chi connectivity index (χ0n) is 11.5. The molecule has 0 saturated carbocycles. The summed E-state index contributed by atoms with van der Waals surface area (Å²) in [7, 11) is 0. The predicted molar refractivity (Wildman–Crippen MR) is 78.3 cm³/mol. The lowest BCUT2D eigenvalue weighted by Gasteiger charge is -2.08. The van der Waals surface area contributed by atoms with Gasteiger partial charge >= 0.3 is 0 Å². The minimum atomic E-state index is -0.137. The number of benzene rings is 1. The summed E-state index contributed by atoms with van der Waals surface area (Å²) in [5.41, 5.74) is 1.82. The molecular weight excluding hydrogens is 270 g/mol. The van der Waals surface area contributed by atoms with Crippen LogP contribution < -0.4 is 0 Å². The Kier molecular flexibility index (Phi) is 3.06. The van der Waals surface area contributed by atoms with Crippen LogP contribution >= 0.6 is 0 Å². The molecule has 1 atom stereocenters. The molecule has 1 unspecified atom stereocenters. The summed E-state index contributed by atoms with van der Waals surface area (Å²) in [5, 5.41) is 0. The molecule has 108 valence electrons. The van der Waals surface area contributed by atoms with Crippen LogP contribution in [0.4, 0.5) is 0 Å². The smallest absolute Gasteiger partial charge is 0.217 e. The maximum atomic E-state index is 5.74. The molecule has 0 fully saturated rings. The molecule has 0 amide bonds. The number of nitrogens with zero attached hydrogens (tertiary/aromatic N) is 3. The molecule has 0 saturated heterocycles. The normalized spacial score (nSPS) is 23.8. The lowest BCUT2D eigenvalue weighted by molar-refractivity contribution is 0.299. The molecule has 3 aliphatic rings. The molecule has 0 aliphatic carbocycles. The summed E-state index contributed by atoms with van der Waals surface area (Å²) < 4.78 is 16.8. The van der Waals surface area contributed by atoms with E-state index in [0.717, 1.165) is 11.1 Å². The number of aliphatic imine (C=N–C) groups is 3. The van der Waals surface area contributed by atoms with Gasteiger partial charge < -0.3 is 14.2 Å². The van der Waals surface area contributed by atoms with Crippen molar-refractivity contribution >= 4 is 17.7 Å². The second-order valence-electron chi connectivity index (χ2n) is 4.91. The molecule has 3 aliphatic heterocycles. The second-order valence-corrected chi connectivity index (χ2v) is 4.91. The summed E-state index contributed by atoms with van der Waals surface area (Å²) in [4.78, 5) is 13.3. The molecule has 0 bridgehead atoms. The summed E-state index contributed by atoms with van der Waals surface area (Å²) in [6, 6.07) is 7.72. The van der Waals surface area contributed by atoms with Gasteiger partial charge in [0.25, 0.3) is 0 Å². The third kappa shape index (κ3) is 2.26. The minimum Gasteiger partial charge on any atom is -0.477 e. The Bertz CT molecular complexity index is 651. The van der Waals surface area contributed by atoms with Gasteiger partial charge in [0.2, 0.25) is 17.7 Å². The molecule has 0 aromatic heterocycles. The Morgan fingerprint density at radius 1 is 0.857 bits per heavy atom. The van der Waals surface area contributed by atoms with Gasteiger partial charge in [-0.15, -0.1) is 0 Å². The van der Waals surface area contributed by atoms with E-state index >= 15 is 0 Å².